The summed E-state index contributed by atoms with van der Waals surface area (Å²) >= 11 is 0. The lowest BCUT2D eigenvalue weighted by Crippen LogP contribution is -2.45. The summed E-state index contributed by atoms with van der Waals surface area (Å²) in [5.41, 5.74) is 7.73. The number of aryl methyl sites for hydroxylation is 1. The van der Waals surface area contributed by atoms with Crippen LogP contribution in [0.15, 0.2) is 24.3 Å². The number of nitrogens with one attached hydrogen (secondary N) is 2. The lowest BCUT2D eigenvalue weighted by Gasteiger charge is -2.35. The Morgan fingerprint density at radius 1 is 1.26 bits per heavy atom. The first-order valence-electron chi connectivity index (χ1n) is 8.79. The Balaban J connectivity index is 1.37. The normalized spacial score (nSPS) is 24.7. The molecule has 2 fully saturated rings. The molecule has 2 heterocycles. The molecule has 0 amide bonds. The van der Waals surface area contributed by atoms with E-state index >= 15 is 0 Å². The van der Waals surface area contributed by atoms with Gasteiger partial charge in [0.05, 0.1) is 0 Å². The molecule has 2 unspecified atom stereocenters. The summed E-state index contributed by atoms with van der Waals surface area (Å²) in [6.45, 7) is 6.32. The van der Waals surface area contributed by atoms with Crippen molar-refractivity contribution in [3.05, 3.63) is 29.8 Å². The van der Waals surface area contributed by atoms with Crippen LogP contribution in [-0.2, 0) is 0 Å². The van der Waals surface area contributed by atoms with Crippen molar-refractivity contribution in [3.63, 3.8) is 0 Å². The van der Waals surface area contributed by atoms with Crippen LogP contribution in [0.1, 0.15) is 24.8 Å². The Hall–Kier alpha value is -1.14. The topological polar surface area (TPSA) is 56.8 Å². The van der Waals surface area contributed by atoms with E-state index in [1.54, 1.807) is 0 Å². The lowest BCUT2D eigenvalue weighted by molar-refractivity contribution is 0.0519. The highest BCUT2D eigenvalue weighted by molar-refractivity contribution is 5.31. The Labute approximate surface area is 139 Å². The number of ether oxygens (including phenoxy) is 1. The van der Waals surface area contributed by atoms with E-state index in [0.29, 0.717) is 19.2 Å². The number of likely N-dealkylation sites (tertiary alicyclic amines) is 1. The van der Waals surface area contributed by atoms with Gasteiger partial charge in [-0.25, -0.2) is 0 Å². The summed E-state index contributed by atoms with van der Waals surface area (Å²) in [6.07, 6.45) is 3.23. The van der Waals surface area contributed by atoms with Crippen molar-refractivity contribution in [3.8, 4) is 5.75 Å². The van der Waals surface area contributed by atoms with E-state index in [2.05, 4.69) is 15.8 Å². The van der Waals surface area contributed by atoms with Crippen LogP contribution in [0.2, 0.25) is 0 Å². The van der Waals surface area contributed by atoms with Crippen molar-refractivity contribution >= 4 is 0 Å². The Kier molecular flexibility index (Phi) is 5.89. The van der Waals surface area contributed by atoms with Gasteiger partial charge >= 0.3 is 0 Å². The third kappa shape index (κ3) is 4.67. The first kappa shape index (κ1) is 16.7. The molecule has 0 bridgehead atoms. The predicted octanol–water partition coefficient (Wildman–Crippen LogP) is 1.31. The maximum Gasteiger partial charge on any atom is 0.122 e. The number of hydrogen-bond donors (Lipinski definition) is 3. The number of piperidine rings is 1. The van der Waals surface area contributed by atoms with Crippen LogP contribution >= 0.6 is 0 Å². The number of β-amino-alcohol motifs (C(OH)–C–C–N with tert-alkyl or cyclic N) is 1. The molecule has 2 aliphatic rings. The van der Waals surface area contributed by atoms with Crippen LogP contribution in [0.4, 0.5) is 0 Å². The molecule has 3 rings (SSSR count). The SMILES string of the molecule is Cc1ccccc1OCC(O)CN1CCC(C2CCNN2)CC1. The number of rotatable bonds is 6. The second kappa shape index (κ2) is 8.11. The Bertz CT molecular complexity index is 483. The maximum atomic E-state index is 10.2. The fourth-order valence-electron chi connectivity index (χ4n) is 3.65. The number of para-hydroxylation sites is 1. The van der Waals surface area contributed by atoms with Gasteiger partial charge in [-0.1, -0.05) is 18.2 Å². The largest absolute Gasteiger partial charge is 0.491 e. The summed E-state index contributed by atoms with van der Waals surface area (Å²) in [5, 5.41) is 10.2. The van der Waals surface area contributed by atoms with Crippen molar-refractivity contribution in [2.75, 3.05) is 32.8 Å². The van der Waals surface area contributed by atoms with E-state index in [0.717, 1.165) is 36.9 Å². The van der Waals surface area contributed by atoms with Crippen LogP contribution in [0, 0.1) is 12.8 Å². The van der Waals surface area contributed by atoms with E-state index in [-0.39, 0.29) is 0 Å². The molecule has 3 N–H and O–H groups in total. The average Bonchev–Trinajstić information content (AvgIpc) is 3.09. The smallest absolute Gasteiger partial charge is 0.122 e. The third-order valence-corrected chi connectivity index (χ3v) is 5.06. The van der Waals surface area contributed by atoms with Crippen LogP contribution in [0.25, 0.3) is 0 Å². The molecule has 2 aliphatic heterocycles. The number of aliphatic hydroxyl groups excluding tert-OH is 1. The summed E-state index contributed by atoms with van der Waals surface area (Å²) in [6, 6.07) is 8.57. The molecule has 1 aromatic carbocycles. The third-order valence-electron chi connectivity index (χ3n) is 5.06. The molecule has 0 spiro atoms. The van der Waals surface area contributed by atoms with Gasteiger partial charge < -0.3 is 14.7 Å². The zero-order valence-electron chi connectivity index (χ0n) is 14.0. The second-order valence-electron chi connectivity index (χ2n) is 6.83. The molecular weight excluding hydrogens is 290 g/mol. The van der Waals surface area contributed by atoms with E-state index < -0.39 is 6.10 Å². The van der Waals surface area contributed by atoms with Crippen LogP contribution in [0.3, 0.4) is 0 Å². The minimum absolute atomic E-state index is 0.360. The van der Waals surface area contributed by atoms with Gasteiger partial charge in [0.1, 0.15) is 18.5 Å². The van der Waals surface area contributed by atoms with Gasteiger partial charge in [-0.15, -0.1) is 0 Å². The molecule has 5 nitrogen and oxygen atoms in total. The van der Waals surface area contributed by atoms with Crippen molar-refractivity contribution < 1.29 is 9.84 Å². The predicted molar refractivity (Wildman–Crippen MR) is 91.4 cm³/mol. The van der Waals surface area contributed by atoms with Gasteiger partial charge in [0.25, 0.3) is 0 Å². The molecule has 1 aromatic rings. The van der Waals surface area contributed by atoms with E-state index in [1.165, 1.54) is 19.3 Å². The zero-order chi connectivity index (χ0) is 16.1. The summed E-state index contributed by atoms with van der Waals surface area (Å²) in [5.74, 6) is 1.63. The molecular formula is C18H29N3O2. The molecule has 5 heteroatoms. The molecule has 2 atom stereocenters. The molecule has 0 aromatic heterocycles. The summed E-state index contributed by atoms with van der Waals surface area (Å²) in [4.78, 5) is 2.37. The van der Waals surface area contributed by atoms with Gasteiger partial charge in [0.2, 0.25) is 0 Å². The minimum atomic E-state index is -0.433. The Morgan fingerprint density at radius 2 is 2.04 bits per heavy atom. The monoisotopic (exact) mass is 319 g/mol. The number of aliphatic hydroxyl groups is 1. The van der Waals surface area contributed by atoms with Crippen LogP contribution in [-0.4, -0.2) is 54.9 Å². The van der Waals surface area contributed by atoms with Crippen LogP contribution in [0.5, 0.6) is 5.75 Å². The molecule has 128 valence electrons. The quantitative estimate of drug-likeness (QED) is 0.738. The highest BCUT2D eigenvalue weighted by Crippen LogP contribution is 2.23. The van der Waals surface area contributed by atoms with Gasteiger partial charge in [-0.3, -0.25) is 10.9 Å². The van der Waals surface area contributed by atoms with Crippen molar-refractivity contribution in [1.29, 1.82) is 0 Å². The van der Waals surface area contributed by atoms with E-state index in [9.17, 15) is 5.11 Å². The van der Waals surface area contributed by atoms with Gasteiger partial charge in [-0.05, 0) is 56.8 Å². The first-order valence-corrected chi connectivity index (χ1v) is 8.79. The Morgan fingerprint density at radius 3 is 2.74 bits per heavy atom. The lowest BCUT2D eigenvalue weighted by atomic mass is 9.88. The first-order chi connectivity index (χ1) is 11.2. The molecule has 2 saturated heterocycles. The number of benzene rings is 1. The zero-order valence-corrected chi connectivity index (χ0v) is 14.0. The highest BCUT2D eigenvalue weighted by atomic mass is 16.5. The van der Waals surface area contributed by atoms with Crippen LogP contribution < -0.4 is 15.6 Å². The summed E-state index contributed by atoms with van der Waals surface area (Å²) in [7, 11) is 0. The molecule has 0 saturated carbocycles. The maximum absolute atomic E-state index is 10.2. The van der Waals surface area contributed by atoms with E-state index in [1.807, 2.05) is 31.2 Å². The standard InChI is InChI=1S/C18H29N3O2/c1-14-4-2-3-5-18(14)23-13-16(22)12-21-10-7-15(8-11-21)17-6-9-19-20-17/h2-5,15-17,19-20,22H,6-13H2,1H3. The van der Waals surface area contributed by atoms with Crippen molar-refractivity contribution in [2.45, 2.75) is 38.3 Å². The van der Waals surface area contributed by atoms with Gasteiger partial charge in [0, 0.05) is 19.1 Å². The van der Waals surface area contributed by atoms with Gasteiger partial charge in [0.15, 0.2) is 0 Å². The number of hydrazine groups is 1. The second-order valence-corrected chi connectivity index (χ2v) is 6.83. The van der Waals surface area contributed by atoms with Gasteiger partial charge in [-0.2, -0.15) is 0 Å². The fraction of sp³-hybridized carbons (Fsp3) is 0.667. The average molecular weight is 319 g/mol. The van der Waals surface area contributed by atoms with E-state index in [4.69, 9.17) is 4.74 Å². The molecule has 0 aliphatic carbocycles. The molecule has 0 radical (unpaired) electrons. The number of hydrogen-bond acceptors (Lipinski definition) is 5. The highest BCUT2D eigenvalue weighted by Gasteiger charge is 2.28. The fourth-order valence-corrected chi connectivity index (χ4v) is 3.65. The minimum Gasteiger partial charge on any atom is -0.491 e. The summed E-state index contributed by atoms with van der Waals surface area (Å²) < 4.78 is 5.75. The number of nitrogens with zero attached hydrogens (tertiary/aromatic N) is 1. The molecule has 23 heavy (non-hydrogen) atoms. The van der Waals surface area contributed by atoms with Crippen molar-refractivity contribution in [1.82, 2.24) is 15.8 Å². The van der Waals surface area contributed by atoms with Crippen molar-refractivity contribution in [2.24, 2.45) is 5.92 Å².